The third-order valence-corrected chi connectivity index (χ3v) is 8.67. The number of fused-ring (bicyclic) bond motifs is 2. The quantitative estimate of drug-likeness (QED) is 0.451. The summed E-state index contributed by atoms with van der Waals surface area (Å²) in [6.07, 6.45) is 6.19. The van der Waals surface area contributed by atoms with Crippen LogP contribution >= 0.6 is 11.3 Å². The van der Waals surface area contributed by atoms with E-state index in [1.807, 2.05) is 15.9 Å². The molecule has 0 aromatic carbocycles. The van der Waals surface area contributed by atoms with Gasteiger partial charge >= 0.3 is 0 Å². The number of nitrogens with one attached hydrogen (secondary N) is 2. The van der Waals surface area contributed by atoms with Gasteiger partial charge in [-0.05, 0) is 74.9 Å². The zero-order valence-electron chi connectivity index (χ0n) is 18.8. The first-order valence-electron chi connectivity index (χ1n) is 11.0. The van der Waals surface area contributed by atoms with Gasteiger partial charge in [-0.15, -0.1) is 11.3 Å². The normalized spacial score (nSPS) is 16.9. The molecule has 1 aliphatic rings. The minimum absolute atomic E-state index is 0.278. The molecule has 30 heavy (non-hydrogen) atoms. The maximum atomic E-state index is 4.43. The van der Waals surface area contributed by atoms with Crippen LogP contribution in [0.5, 0.6) is 0 Å². The molecule has 1 aliphatic heterocycles. The van der Waals surface area contributed by atoms with E-state index < -0.39 is 0 Å². The summed E-state index contributed by atoms with van der Waals surface area (Å²) in [5, 5.41) is 9.38. The molecule has 0 bridgehead atoms. The highest BCUT2D eigenvalue weighted by Crippen LogP contribution is 2.48. The van der Waals surface area contributed by atoms with Gasteiger partial charge in [-0.1, -0.05) is 20.8 Å². The number of rotatable bonds is 3. The van der Waals surface area contributed by atoms with Crippen molar-refractivity contribution in [3.8, 4) is 11.3 Å². The molecule has 4 aromatic heterocycles. The number of hydrogen-bond donors (Lipinski definition) is 2. The van der Waals surface area contributed by atoms with Crippen molar-refractivity contribution in [1.29, 1.82) is 0 Å². The van der Waals surface area contributed by atoms with Crippen LogP contribution in [0.25, 0.3) is 27.1 Å². The molecule has 0 amide bonds. The SMILES string of the molecule is Cc1c(-c2[nH]c3sc(C4(C)CCNCC4)c(C)c3c2C(C)C)cn2ncnc2c1C. The minimum atomic E-state index is 0.278. The van der Waals surface area contributed by atoms with Crippen molar-refractivity contribution in [2.75, 3.05) is 13.1 Å². The topological polar surface area (TPSA) is 58.0 Å². The van der Waals surface area contributed by atoms with Crippen molar-refractivity contribution in [2.45, 2.75) is 65.7 Å². The monoisotopic (exact) mass is 421 g/mol. The highest BCUT2D eigenvalue weighted by Gasteiger charge is 2.34. The van der Waals surface area contributed by atoms with Gasteiger partial charge in [-0.2, -0.15) is 5.10 Å². The molecule has 5 heterocycles. The number of aryl methyl sites for hydroxylation is 2. The van der Waals surface area contributed by atoms with Crippen LogP contribution < -0.4 is 5.32 Å². The Labute approximate surface area is 181 Å². The number of piperidine rings is 1. The fourth-order valence-corrected chi connectivity index (χ4v) is 6.68. The summed E-state index contributed by atoms with van der Waals surface area (Å²) in [5.41, 5.74) is 9.06. The van der Waals surface area contributed by atoms with E-state index in [0.29, 0.717) is 5.92 Å². The molecular weight excluding hydrogens is 390 g/mol. The number of pyridine rings is 1. The largest absolute Gasteiger partial charge is 0.346 e. The van der Waals surface area contributed by atoms with Crippen molar-refractivity contribution in [3.63, 3.8) is 0 Å². The first-order chi connectivity index (χ1) is 14.3. The Hall–Kier alpha value is -2.18. The molecule has 2 N–H and O–H groups in total. The van der Waals surface area contributed by atoms with Crippen molar-refractivity contribution in [1.82, 2.24) is 24.9 Å². The molecule has 1 fully saturated rings. The zero-order valence-corrected chi connectivity index (χ0v) is 19.6. The lowest BCUT2D eigenvalue weighted by Gasteiger charge is -2.34. The molecule has 0 aliphatic carbocycles. The van der Waals surface area contributed by atoms with Gasteiger partial charge in [0, 0.05) is 27.4 Å². The van der Waals surface area contributed by atoms with E-state index >= 15 is 0 Å². The van der Waals surface area contributed by atoms with Crippen molar-refractivity contribution in [2.24, 2.45) is 0 Å². The Morgan fingerprint density at radius 2 is 1.83 bits per heavy atom. The molecule has 158 valence electrons. The smallest absolute Gasteiger partial charge is 0.158 e. The standard InChI is InChI=1S/C24H31N5S/c1-13(2)18-19-16(5)21(24(6)7-9-25-10-8-24)30-23(19)28-20(18)17-11-29-22(26-12-27-29)15(4)14(17)3/h11-13,25,28H,7-10H2,1-6H3. The van der Waals surface area contributed by atoms with E-state index in [0.717, 1.165) is 18.7 Å². The average Bonchev–Trinajstić information content (AvgIpc) is 3.40. The Kier molecular flexibility index (Phi) is 4.56. The molecule has 5 rings (SSSR count). The number of nitrogens with zero attached hydrogens (tertiary/aromatic N) is 3. The lowest BCUT2D eigenvalue weighted by Crippen LogP contribution is -2.37. The maximum absolute atomic E-state index is 4.43. The molecule has 5 nitrogen and oxygen atoms in total. The molecule has 0 spiro atoms. The third-order valence-electron chi connectivity index (χ3n) is 7.15. The number of aromatic amines is 1. The van der Waals surface area contributed by atoms with Crippen LogP contribution in [0.2, 0.25) is 0 Å². The van der Waals surface area contributed by atoms with Crippen LogP contribution in [0.3, 0.4) is 0 Å². The Bertz CT molecular complexity index is 1250. The molecule has 4 aromatic rings. The van der Waals surface area contributed by atoms with Crippen LogP contribution in [-0.2, 0) is 5.41 Å². The van der Waals surface area contributed by atoms with Gasteiger partial charge in [-0.25, -0.2) is 9.50 Å². The van der Waals surface area contributed by atoms with Gasteiger partial charge in [0.1, 0.15) is 11.2 Å². The molecule has 1 saturated heterocycles. The molecule has 0 atom stereocenters. The zero-order chi connectivity index (χ0) is 21.2. The first kappa shape index (κ1) is 19.8. The van der Waals surface area contributed by atoms with E-state index in [1.165, 1.54) is 56.6 Å². The predicted molar refractivity (Wildman–Crippen MR) is 126 cm³/mol. The van der Waals surface area contributed by atoms with Crippen LogP contribution in [0.15, 0.2) is 12.5 Å². The van der Waals surface area contributed by atoms with Gasteiger partial charge in [0.05, 0.1) is 5.69 Å². The summed E-state index contributed by atoms with van der Waals surface area (Å²) in [4.78, 5) is 11.2. The Balaban J connectivity index is 1.75. The highest BCUT2D eigenvalue weighted by atomic mass is 32.1. The second-order valence-electron chi connectivity index (χ2n) is 9.46. The second-order valence-corrected chi connectivity index (χ2v) is 10.5. The minimum Gasteiger partial charge on any atom is -0.346 e. The summed E-state index contributed by atoms with van der Waals surface area (Å²) in [6, 6.07) is 0. The first-order valence-corrected chi connectivity index (χ1v) is 11.8. The number of hydrogen-bond acceptors (Lipinski definition) is 4. The average molecular weight is 422 g/mol. The lowest BCUT2D eigenvalue weighted by molar-refractivity contribution is 0.340. The van der Waals surface area contributed by atoms with Crippen LogP contribution in [-0.4, -0.2) is 32.7 Å². The van der Waals surface area contributed by atoms with Gasteiger partial charge in [0.15, 0.2) is 5.65 Å². The van der Waals surface area contributed by atoms with Gasteiger partial charge in [-0.3, -0.25) is 0 Å². The highest BCUT2D eigenvalue weighted by molar-refractivity contribution is 7.19. The van der Waals surface area contributed by atoms with E-state index in [-0.39, 0.29) is 5.41 Å². The van der Waals surface area contributed by atoms with E-state index in [9.17, 15) is 0 Å². The van der Waals surface area contributed by atoms with Crippen molar-refractivity contribution in [3.05, 3.63) is 39.7 Å². The summed E-state index contributed by atoms with van der Waals surface area (Å²) in [7, 11) is 0. The van der Waals surface area contributed by atoms with Crippen molar-refractivity contribution >= 4 is 27.2 Å². The van der Waals surface area contributed by atoms with Gasteiger partial charge < -0.3 is 10.3 Å². The predicted octanol–water partition coefficient (Wildman–Crippen LogP) is 5.63. The fourth-order valence-electron chi connectivity index (χ4n) is 5.26. The van der Waals surface area contributed by atoms with Crippen molar-refractivity contribution < 1.29 is 0 Å². The maximum Gasteiger partial charge on any atom is 0.158 e. The molecular formula is C24H31N5S. The number of H-pyrrole nitrogens is 1. The van der Waals surface area contributed by atoms with Crippen LogP contribution in [0.1, 0.15) is 66.7 Å². The lowest BCUT2D eigenvalue weighted by atomic mass is 9.78. The van der Waals surface area contributed by atoms with E-state index in [4.69, 9.17) is 0 Å². The van der Waals surface area contributed by atoms with Gasteiger partial charge in [0.2, 0.25) is 0 Å². The fraction of sp³-hybridized carbons (Fsp3) is 0.500. The van der Waals surface area contributed by atoms with E-state index in [1.54, 1.807) is 11.2 Å². The summed E-state index contributed by atoms with van der Waals surface area (Å²) in [6.45, 7) is 16.0. The van der Waals surface area contributed by atoms with Crippen LogP contribution in [0.4, 0.5) is 0 Å². The second kappa shape index (κ2) is 6.92. The summed E-state index contributed by atoms with van der Waals surface area (Å²) >= 11 is 1.97. The van der Waals surface area contributed by atoms with Crippen LogP contribution in [0, 0.1) is 20.8 Å². The molecule has 0 unspecified atom stereocenters. The molecule has 0 saturated carbocycles. The molecule has 6 heteroatoms. The third kappa shape index (κ3) is 2.77. The summed E-state index contributed by atoms with van der Waals surface area (Å²) in [5.74, 6) is 0.432. The summed E-state index contributed by atoms with van der Waals surface area (Å²) < 4.78 is 1.91. The number of aromatic nitrogens is 4. The Morgan fingerprint density at radius 3 is 2.53 bits per heavy atom. The Morgan fingerprint density at radius 1 is 1.10 bits per heavy atom. The molecule has 0 radical (unpaired) electrons. The van der Waals surface area contributed by atoms with Gasteiger partial charge in [0.25, 0.3) is 0 Å². The van der Waals surface area contributed by atoms with E-state index in [2.05, 4.69) is 68.1 Å². The number of thiophene rings is 1.